The average Bonchev–Trinajstić information content (AvgIpc) is 3.20. The summed E-state index contributed by atoms with van der Waals surface area (Å²) in [4.78, 5) is 10.3. The molecule has 1 heterocycles. The molecule has 0 aliphatic carbocycles. The molecule has 0 aliphatic rings. The topological polar surface area (TPSA) is 77.6 Å². The molecule has 0 aliphatic heterocycles. The van der Waals surface area contributed by atoms with Crippen LogP contribution in [0.2, 0.25) is 0 Å². The number of benzene rings is 4. The van der Waals surface area contributed by atoms with Crippen LogP contribution in [-0.2, 0) is 13.1 Å². The second-order valence-corrected chi connectivity index (χ2v) is 9.86. The quantitative estimate of drug-likeness (QED) is 0.154. The first-order valence-corrected chi connectivity index (χ1v) is 12.5. The number of aliphatic imine (C=N–C) groups is 1. The van der Waals surface area contributed by atoms with Crippen molar-refractivity contribution >= 4 is 43.9 Å². The Morgan fingerprint density at radius 2 is 1.53 bits per heavy atom. The largest absolute Gasteiger partial charge is 0.494 e. The van der Waals surface area contributed by atoms with Crippen LogP contribution in [0.25, 0.3) is 10.9 Å². The van der Waals surface area contributed by atoms with Crippen molar-refractivity contribution in [2.45, 2.75) is 13.1 Å². The summed E-state index contributed by atoms with van der Waals surface area (Å²) >= 11 is 3.49. The number of halogens is 1. The van der Waals surface area contributed by atoms with E-state index in [1.54, 1.807) is 0 Å². The number of nitrogens with one attached hydrogen (secondary N) is 1. The molecule has 6 heteroatoms. The molecule has 0 unspecified atom stereocenters. The zero-order valence-electron chi connectivity index (χ0n) is 19.9. The van der Waals surface area contributed by atoms with E-state index in [1.807, 2.05) is 60.7 Å². The molecule has 0 spiro atoms. The molecule has 0 atom stereocenters. The third-order valence-electron chi connectivity index (χ3n) is 6.08. The first-order valence-electron chi connectivity index (χ1n) is 11.7. The Bertz CT molecular complexity index is 1510. The number of rotatable bonds is 7. The van der Waals surface area contributed by atoms with E-state index in [9.17, 15) is 5.11 Å². The van der Waals surface area contributed by atoms with Crippen LogP contribution in [0, 0.1) is 0 Å². The molecular weight excluding hydrogens is 512 g/mol. The maximum absolute atomic E-state index is 10.8. The molecule has 5 nitrogen and oxygen atoms in total. The lowest BCUT2D eigenvalue weighted by molar-refractivity contribution is 0.319. The zero-order chi connectivity index (χ0) is 25.1. The van der Waals surface area contributed by atoms with E-state index in [0.29, 0.717) is 17.0 Å². The van der Waals surface area contributed by atoms with Crippen molar-refractivity contribution in [2.24, 2.45) is 4.99 Å². The fourth-order valence-electron chi connectivity index (χ4n) is 4.37. The van der Waals surface area contributed by atoms with Crippen molar-refractivity contribution < 1.29 is 5.11 Å². The van der Waals surface area contributed by atoms with Crippen LogP contribution in [0.5, 0.6) is 5.88 Å². The molecule has 1 aromatic heterocycles. The van der Waals surface area contributed by atoms with Gasteiger partial charge in [0.25, 0.3) is 0 Å². The highest BCUT2D eigenvalue weighted by Gasteiger charge is 2.19. The lowest BCUT2D eigenvalue weighted by Crippen LogP contribution is -2.17. The number of fused-ring (bicyclic) bond motifs is 1. The first kappa shape index (κ1) is 23.9. The number of nitrogens with two attached hydrogens (primary N) is 1. The smallest absolute Gasteiger partial charge is 0.199 e. The molecule has 0 saturated heterocycles. The second kappa shape index (κ2) is 10.4. The van der Waals surface area contributed by atoms with Crippen molar-refractivity contribution in [3.05, 3.63) is 124 Å². The molecule has 0 fully saturated rings. The Hall–Kier alpha value is -3.87. The van der Waals surface area contributed by atoms with E-state index in [0.717, 1.165) is 39.7 Å². The Morgan fingerprint density at radius 1 is 0.889 bits per heavy atom. The van der Waals surface area contributed by atoms with Gasteiger partial charge >= 0.3 is 0 Å². The molecule has 5 aromatic rings. The Labute approximate surface area is 219 Å². The molecule has 4 aromatic carbocycles. The number of H-pyrrole nitrogens is 1. The molecule has 0 radical (unpaired) electrons. The highest BCUT2D eigenvalue weighted by atomic mass is 79.9. The lowest BCUT2D eigenvalue weighted by atomic mass is 10.0. The van der Waals surface area contributed by atoms with E-state index in [4.69, 9.17) is 10.7 Å². The van der Waals surface area contributed by atoms with Crippen LogP contribution in [0.1, 0.15) is 22.3 Å². The van der Waals surface area contributed by atoms with Gasteiger partial charge in [0.1, 0.15) is 0 Å². The predicted molar refractivity (Wildman–Crippen MR) is 152 cm³/mol. The van der Waals surface area contributed by atoms with Gasteiger partial charge in [-0.1, -0.05) is 70.5 Å². The molecule has 0 bridgehead atoms. The summed E-state index contributed by atoms with van der Waals surface area (Å²) in [5.41, 5.74) is 13.0. The number of nitrogens with zero attached hydrogens (tertiary/aromatic N) is 2. The summed E-state index contributed by atoms with van der Waals surface area (Å²) in [6.45, 7) is 1.70. The van der Waals surface area contributed by atoms with Crippen molar-refractivity contribution in [1.29, 1.82) is 0 Å². The van der Waals surface area contributed by atoms with Crippen molar-refractivity contribution in [1.82, 2.24) is 9.88 Å². The summed E-state index contributed by atoms with van der Waals surface area (Å²) in [6, 6.07) is 32.1. The van der Waals surface area contributed by atoms with Crippen LogP contribution in [0.15, 0.2) is 107 Å². The first-order chi connectivity index (χ1) is 17.5. The highest BCUT2D eigenvalue weighted by molar-refractivity contribution is 9.10. The third-order valence-corrected chi connectivity index (χ3v) is 6.61. The minimum absolute atomic E-state index is 0.0735. The minimum Gasteiger partial charge on any atom is -0.494 e. The van der Waals surface area contributed by atoms with Crippen LogP contribution in [0.4, 0.5) is 11.4 Å². The summed E-state index contributed by atoms with van der Waals surface area (Å²) < 4.78 is 1.09. The number of hydrogen-bond donors (Lipinski definition) is 3. The standard InChI is InChI=1S/C30H27BrN4O/c1-35(18-20-7-11-23(31)12-8-20)19-21-9-14-25(15-10-21)33-29(22-5-3-2-4-6-22)28-26-17-24(32)13-16-27(26)34-30(28)36/h2-17,34,36H,18-19,32H2,1H3. The Morgan fingerprint density at radius 3 is 2.19 bits per heavy atom. The van der Waals surface area contributed by atoms with Gasteiger partial charge in [-0.15, -0.1) is 0 Å². The van der Waals surface area contributed by atoms with Crippen LogP contribution < -0.4 is 5.73 Å². The van der Waals surface area contributed by atoms with Gasteiger partial charge in [-0.2, -0.15) is 0 Å². The van der Waals surface area contributed by atoms with Gasteiger partial charge in [-0.25, -0.2) is 4.99 Å². The second-order valence-electron chi connectivity index (χ2n) is 8.95. The fraction of sp³-hybridized carbons (Fsp3) is 0.100. The SMILES string of the molecule is CN(Cc1ccc(Br)cc1)Cc1ccc(N=C(c2ccccc2)c2c(O)[nH]c3ccc(N)cc23)cc1. The minimum atomic E-state index is 0.0735. The molecule has 0 saturated carbocycles. The van der Waals surface area contributed by atoms with Gasteiger partial charge in [0.2, 0.25) is 0 Å². The van der Waals surface area contributed by atoms with Gasteiger partial charge in [-0.05, 0) is 60.6 Å². The Balaban J connectivity index is 1.44. The van der Waals surface area contributed by atoms with Gasteiger partial charge in [0.15, 0.2) is 5.88 Å². The van der Waals surface area contributed by atoms with Gasteiger partial charge in [0, 0.05) is 39.7 Å². The number of anilines is 1. The lowest BCUT2D eigenvalue weighted by Gasteiger charge is -2.17. The maximum Gasteiger partial charge on any atom is 0.199 e. The average molecular weight is 539 g/mol. The van der Waals surface area contributed by atoms with Gasteiger partial charge in [0.05, 0.1) is 17.0 Å². The van der Waals surface area contributed by atoms with Crippen molar-refractivity contribution in [2.75, 3.05) is 12.8 Å². The zero-order valence-corrected chi connectivity index (χ0v) is 21.5. The van der Waals surface area contributed by atoms with E-state index < -0.39 is 0 Å². The van der Waals surface area contributed by atoms with Gasteiger partial charge < -0.3 is 15.8 Å². The highest BCUT2D eigenvalue weighted by Crippen LogP contribution is 2.32. The molecule has 4 N–H and O–H groups in total. The van der Waals surface area contributed by atoms with Crippen LogP contribution in [0.3, 0.4) is 0 Å². The Kier molecular flexibility index (Phi) is 6.89. The van der Waals surface area contributed by atoms with E-state index in [-0.39, 0.29) is 5.88 Å². The van der Waals surface area contributed by atoms with Crippen molar-refractivity contribution in [3.63, 3.8) is 0 Å². The van der Waals surface area contributed by atoms with Crippen molar-refractivity contribution in [3.8, 4) is 5.88 Å². The van der Waals surface area contributed by atoms with Crippen LogP contribution in [-0.4, -0.2) is 27.7 Å². The van der Waals surface area contributed by atoms with E-state index in [1.165, 1.54) is 11.1 Å². The number of hydrogen-bond acceptors (Lipinski definition) is 4. The fourth-order valence-corrected chi connectivity index (χ4v) is 4.63. The summed E-state index contributed by atoms with van der Waals surface area (Å²) in [5.74, 6) is 0.0735. The molecule has 36 heavy (non-hydrogen) atoms. The summed E-state index contributed by atoms with van der Waals surface area (Å²) in [6.07, 6.45) is 0. The summed E-state index contributed by atoms with van der Waals surface area (Å²) in [7, 11) is 2.12. The molecule has 5 rings (SSSR count). The molecule has 0 amide bonds. The summed E-state index contributed by atoms with van der Waals surface area (Å²) in [5, 5.41) is 11.7. The van der Waals surface area contributed by atoms with E-state index >= 15 is 0 Å². The molecular formula is C30H27BrN4O. The monoisotopic (exact) mass is 538 g/mol. The number of nitrogen functional groups attached to an aromatic ring is 1. The number of aromatic hydroxyl groups is 1. The molecule has 180 valence electrons. The van der Waals surface area contributed by atoms with Crippen LogP contribution >= 0.6 is 15.9 Å². The number of aromatic nitrogens is 1. The van der Waals surface area contributed by atoms with E-state index in [2.05, 4.69) is 69.3 Å². The normalized spacial score (nSPS) is 11.9. The maximum atomic E-state index is 10.8. The predicted octanol–water partition coefficient (Wildman–Crippen LogP) is 7.02. The van der Waals surface area contributed by atoms with Gasteiger partial charge in [-0.3, -0.25) is 4.90 Å². The number of aromatic amines is 1. The third kappa shape index (κ3) is 5.35.